The van der Waals surface area contributed by atoms with Gasteiger partial charge in [0.15, 0.2) is 23.9 Å². The summed E-state index contributed by atoms with van der Waals surface area (Å²) in [7, 11) is 4.36. The number of ether oxygens (including phenoxy) is 4. The van der Waals surface area contributed by atoms with Crippen molar-refractivity contribution in [2.75, 3.05) is 27.9 Å². The number of Topliss-reactive ketones (excluding diaryl/α,β-unsaturated/α-hetero) is 1. The molecule has 0 aliphatic heterocycles. The summed E-state index contributed by atoms with van der Waals surface area (Å²) in [6, 6.07) is 8.77. The molecule has 1 aliphatic rings. The molecule has 0 fully saturated rings. The quantitative estimate of drug-likeness (QED) is 0.550. The Balaban J connectivity index is 1.73. The Hall–Kier alpha value is -3.02. The minimum atomic E-state index is -0.665. The van der Waals surface area contributed by atoms with Gasteiger partial charge in [-0.25, -0.2) is 4.79 Å². The zero-order valence-corrected chi connectivity index (χ0v) is 15.7. The third-order valence-corrected chi connectivity index (χ3v) is 4.68. The zero-order valence-electron chi connectivity index (χ0n) is 15.7. The van der Waals surface area contributed by atoms with E-state index in [4.69, 9.17) is 18.9 Å². The standard InChI is InChI=1S/C21H22O6/c1-24-18-10-9-16(19(25-2)20(18)26-3)21(23)27-12-17(22)15-8-7-13-5-4-6-14(13)11-15/h7-11H,4-6,12H2,1-3H3. The summed E-state index contributed by atoms with van der Waals surface area (Å²) in [4.78, 5) is 24.9. The second-order valence-corrected chi connectivity index (χ2v) is 6.22. The van der Waals surface area contributed by atoms with Crippen LogP contribution in [0.1, 0.15) is 38.3 Å². The third kappa shape index (κ3) is 3.74. The Morgan fingerprint density at radius 2 is 1.63 bits per heavy atom. The molecule has 3 rings (SSSR count). The summed E-state index contributed by atoms with van der Waals surface area (Å²) in [6.07, 6.45) is 3.15. The lowest BCUT2D eigenvalue weighted by Gasteiger charge is -2.15. The molecule has 0 saturated heterocycles. The third-order valence-electron chi connectivity index (χ3n) is 4.68. The lowest BCUT2D eigenvalue weighted by atomic mass is 10.0. The number of rotatable bonds is 7. The highest BCUT2D eigenvalue weighted by molar-refractivity contribution is 6.00. The van der Waals surface area contributed by atoms with Crippen LogP contribution >= 0.6 is 0 Å². The van der Waals surface area contributed by atoms with E-state index in [1.807, 2.05) is 12.1 Å². The molecule has 0 N–H and O–H groups in total. The van der Waals surface area contributed by atoms with Crippen molar-refractivity contribution in [3.8, 4) is 17.2 Å². The van der Waals surface area contributed by atoms with Crippen molar-refractivity contribution in [3.63, 3.8) is 0 Å². The van der Waals surface area contributed by atoms with Crippen LogP contribution in [0.3, 0.4) is 0 Å². The number of ketones is 1. The molecule has 6 heteroatoms. The monoisotopic (exact) mass is 370 g/mol. The number of hydrogen-bond acceptors (Lipinski definition) is 6. The topological polar surface area (TPSA) is 71.1 Å². The second kappa shape index (κ2) is 8.12. The van der Waals surface area contributed by atoms with Crippen LogP contribution in [0.25, 0.3) is 0 Å². The molecule has 2 aromatic rings. The first-order valence-corrected chi connectivity index (χ1v) is 8.70. The van der Waals surface area contributed by atoms with E-state index in [1.54, 1.807) is 12.1 Å². The Labute approximate surface area is 158 Å². The summed E-state index contributed by atoms with van der Waals surface area (Å²) in [6.45, 7) is -0.338. The maximum Gasteiger partial charge on any atom is 0.342 e. The Morgan fingerprint density at radius 3 is 2.33 bits per heavy atom. The summed E-state index contributed by atoms with van der Waals surface area (Å²) in [5.74, 6) is 0.0196. The molecule has 0 bridgehead atoms. The highest BCUT2D eigenvalue weighted by Gasteiger charge is 2.23. The van der Waals surface area contributed by atoms with Gasteiger partial charge in [-0.3, -0.25) is 4.79 Å². The maximum absolute atomic E-state index is 12.5. The second-order valence-electron chi connectivity index (χ2n) is 6.22. The van der Waals surface area contributed by atoms with Crippen LogP contribution < -0.4 is 14.2 Å². The van der Waals surface area contributed by atoms with E-state index in [0.29, 0.717) is 17.1 Å². The molecule has 0 spiro atoms. The van der Waals surface area contributed by atoms with Crippen LogP contribution in [0.15, 0.2) is 30.3 Å². The lowest BCUT2D eigenvalue weighted by Crippen LogP contribution is -2.15. The molecule has 142 valence electrons. The van der Waals surface area contributed by atoms with E-state index >= 15 is 0 Å². The highest BCUT2D eigenvalue weighted by Crippen LogP contribution is 2.40. The molecule has 0 amide bonds. The van der Waals surface area contributed by atoms with Crippen LogP contribution in [0, 0.1) is 0 Å². The molecule has 0 unspecified atom stereocenters. The molecule has 1 aliphatic carbocycles. The molecular weight excluding hydrogens is 348 g/mol. The number of fused-ring (bicyclic) bond motifs is 1. The van der Waals surface area contributed by atoms with Gasteiger partial charge in [0, 0.05) is 5.56 Å². The first-order chi connectivity index (χ1) is 13.1. The van der Waals surface area contributed by atoms with Crippen molar-refractivity contribution in [2.45, 2.75) is 19.3 Å². The van der Waals surface area contributed by atoms with Gasteiger partial charge in [-0.2, -0.15) is 0 Å². The van der Waals surface area contributed by atoms with Crippen LogP contribution in [-0.2, 0) is 17.6 Å². The van der Waals surface area contributed by atoms with Crippen molar-refractivity contribution in [2.24, 2.45) is 0 Å². The first kappa shape index (κ1) is 18.8. The van der Waals surface area contributed by atoms with Gasteiger partial charge in [-0.15, -0.1) is 0 Å². The van der Waals surface area contributed by atoms with Gasteiger partial charge < -0.3 is 18.9 Å². The fourth-order valence-corrected chi connectivity index (χ4v) is 3.30. The van der Waals surface area contributed by atoms with Gasteiger partial charge in [-0.05, 0) is 48.6 Å². The van der Waals surface area contributed by atoms with Crippen molar-refractivity contribution < 1.29 is 28.5 Å². The maximum atomic E-state index is 12.5. The molecule has 27 heavy (non-hydrogen) atoms. The van der Waals surface area contributed by atoms with Crippen LogP contribution in [-0.4, -0.2) is 39.7 Å². The van der Waals surface area contributed by atoms with Crippen LogP contribution in [0.2, 0.25) is 0 Å². The first-order valence-electron chi connectivity index (χ1n) is 8.70. The number of carbonyl (C=O) groups is 2. The minimum absolute atomic E-state index is 0.164. The van der Waals surface area contributed by atoms with Gasteiger partial charge in [0.05, 0.1) is 21.3 Å². The van der Waals surface area contributed by atoms with E-state index in [1.165, 1.54) is 38.5 Å². The van der Waals surface area contributed by atoms with Crippen molar-refractivity contribution >= 4 is 11.8 Å². The number of esters is 1. The zero-order chi connectivity index (χ0) is 19.4. The van der Waals surface area contributed by atoms with Crippen molar-refractivity contribution in [1.29, 1.82) is 0 Å². The lowest BCUT2D eigenvalue weighted by molar-refractivity contribution is 0.0471. The minimum Gasteiger partial charge on any atom is -0.493 e. The molecule has 0 radical (unpaired) electrons. The molecule has 0 aromatic heterocycles. The van der Waals surface area contributed by atoms with Gasteiger partial charge >= 0.3 is 5.97 Å². The Kier molecular flexibility index (Phi) is 5.64. The number of carbonyl (C=O) groups excluding carboxylic acids is 2. The van der Waals surface area contributed by atoms with Gasteiger partial charge in [-0.1, -0.05) is 12.1 Å². The molecule has 2 aromatic carbocycles. The Bertz CT molecular complexity index is 871. The van der Waals surface area contributed by atoms with E-state index in [9.17, 15) is 9.59 Å². The Morgan fingerprint density at radius 1 is 0.889 bits per heavy atom. The normalized spacial score (nSPS) is 12.3. The SMILES string of the molecule is COc1ccc(C(=O)OCC(=O)c2ccc3c(c2)CCC3)c(OC)c1OC. The molecule has 0 heterocycles. The van der Waals surface area contributed by atoms with Crippen LogP contribution in [0.5, 0.6) is 17.2 Å². The summed E-state index contributed by atoms with van der Waals surface area (Å²) >= 11 is 0. The molecule has 0 atom stereocenters. The number of methoxy groups -OCH3 is 3. The predicted molar refractivity (Wildman–Crippen MR) is 99.2 cm³/mol. The van der Waals surface area contributed by atoms with Crippen molar-refractivity contribution in [1.82, 2.24) is 0 Å². The number of benzene rings is 2. The molecular formula is C21H22O6. The van der Waals surface area contributed by atoms with Gasteiger partial charge in [0.1, 0.15) is 5.56 Å². The molecule has 6 nitrogen and oxygen atoms in total. The number of aryl methyl sites for hydroxylation is 2. The van der Waals surface area contributed by atoms with E-state index in [2.05, 4.69) is 0 Å². The number of hydrogen-bond donors (Lipinski definition) is 0. The summed E-state index contributed by atoms with van der Waals surface area (Å²) in [5, 5.41) is 0. The van der Waals surface area contributed by atoms with Gasteiger partial charge in [0.2, 0.25) is 5.75 Å². The largest absolute Gasteiger partial charge is 0.493 e. The molecule has 0 saturated carbocycles. The van der Waals surface area contributed by atoms with E-state index in [-0.39, 0.29) is 23.7 Å². The summed E-state index contributed by atoms with van der Waals surface area (Å²) < 4.78 is 21.0. The average molecular weight is 370 g/mol. The summed E-state index contributed by atoms with van der Waals surface area (Å²) in [5.41, 5.74) is 3.21. The smallest absolute Gasteiger partial charge is 0.342 e. The predicted octanol–water partition coefficient (Wildman–Crippen LogP) is 3.24. The van der Waals surface area contributed by atoms with Crippen molar-refractivity contribution in [3.05, 3.63) is 52.6 Å². The average Bonchev–Trinajstić information content (AvgIpc) is 3.18. The fraction of sp³-hybridized carbons (Fsp3) is 0.333. The van der Waals surface area contributed by atoms with E-state index in [0.717, 1.165) is 19.3 Å². The van der Waals surface area contributed by atoms with Crippen LogP contribution in [0.4, 0.5) is 0 Å². The highest BCUT2D eigenvalue weighted by atomic mass is 16.5. The fourth-order valence-electron chi connectivity index (χ4n) is 3.30. The van der Waals surface area contributed by atoms with Gasteiger partial charge in [0.25, 0.3) is 0 Å². The van der Waals surface area contributed by atoms with E-state index < -0.39 is 5.97 Å².